The molecule has 160 valence electrons. The van der Waals surface area contributed by atoms with Crippen LogP contribution in [0.5, 0.6) is 0 Å². The van der Waals surface area contributed by atoms with Gasteiger partial charge in [0.25, 0.3) is 5.91 Å². The van der Waals surface area contributed by atoms with Crippen molar-refractivity contribution < 1.29 is 23.6 Å². The molecule has 1 aromatic heterocycles. The number of aromatic nitrogens is 1. The molecular formula is C23H28N2O5. The minimum absolute atomic E-state index is 0.0246. The number of ether oxygens (including phenoxy) is 2. The lowest BCUT2D eigenvalue weighted by Gasteiger charge is -2.41. The van der Waals surface area contributed by atoms with E-state index in [0.29, 0.717) is 44.9 Å². The third-order valence-electron chi connectivity index (χ3n) is 5.94. The van der Waals surface area contributed by atoms with E-state index in [1.165, 1.54) is 0 Å². The van der Waals surface area contributed by atoms with Crippen molar-refractivity contribution in [1.82, 2.24) is 10.1 Å². The first-order chi connectivity index (χ1) is 14.6. The Hall–Kier alpha value is -2.67. The summed E-state index contributed by atoms with van der Waals surface area (Å²) in [5, 5.41) is 4.18. The molecule has 3 heterocycles. The molecule has 0 saturated carbocycles. The number of hydrogen-bond acceptors (Lipinski definition) is 6. The quantitative estimate of drug-likeness (QED) is 0.678. The first-order valence-corrected chi connectivity index (χ1v) is 10.7. The van der Waals surface area contributed by atoms with Crippen molar-refractivity contribution in [1.29, 1.82) is 0 Å². The van der Waals surface area contributed by atoms with Gasteiger partial charge in [-0.15, -0.1) is 0 Å². The van der Waals surface area contributed by atoms with Crippen LogP contribution in [0, 0.1) is 5.41 Å². The molecule has 1 amide bonds. The Morgan fingerprint density at radius 1 is 1.27 bits per heavy atom. The number of amides is 1. The zero-order valence-corrected chi connectivity index (χ0v) is 17.3. The number of benzene rings is 1. The fourth-order valence-corrected chi connectivity index (χ4v) is 4.44. The number of esters is 1. The first kappa shape index (κ1) is 20.6. The van der Waals surface area contributed by atoms with E-state index < -0.39 is 11.5 Å². The lowest BCUT2D eigenvalue weighted by atomic mass is 9.76. The van der Waals surface area contributed by atoms with Crippen molar-refractivity contribution in [3.05, 3.63) is 42.2 Å². The molecule has 2 aliphatic rings. The summed E-state index contributed by atoms with van der Waals surface area (Å²) >= 11 is 0. The molecule has 7 heteroatoms. The molecular weight excluding hydrogens is 384 g/mol. The lowest BCUT2D eigenvalue weighted by molar-refractivity contribution is -0.162. The van der Waals surface area contributed by atoms with Crippen LogP contribution < -0.4 is 0 Å². The van der Waals surface area contributed by atoms with E-state index >= 15 is 0 Å². The van der Waals surface area contributed by atoms with Gasteiger partial charge in [-0.3, -0.25) is 9.59 Å². The van der Waals surface area contributed by atoms with E-state index in [1.807, 2.05) is 36.4 Å². The van der Waals surface area contributed by atoms with Gasteiger partial charge in [-0.05, 0) is 32.6 Å². The Morgan fingerprint density at radius 3 is 2.83 bits per heavy atom. The van der Waals surface area contributed by atoms with E-state index in [9.17, 15) is 9.59 Å². The molecule has 2 aliphatic heterocycles. The highest BCUT2D eigenvalue weighted by atomic mass is 16.5. The van der Waals surface area contributed by atoms with Crippen molar-refractivity contribution in [3.63, 3.8) is 0 Å². The highest BCUT2D eigenvalue weighted by molar-refractivity contribution is 5.83. The second-order valence-electron chi connectivity index (χ2n) is 8.09. The minimum atomic E-state index is -0.837. The van der Waals surface area contributed by atoms with E-state index in [2.05, 4.69) is 5.16 Å². The van der Waals surface area contributed by atoms with Crippen LogP contribution in [0.25, 0.3) is 11.3 Å². The van der Waals surface area contributed by atoms with Gasteiger partial charge in [0.05, 0.1) is 12.0 Å². The summed E-state index contributed by atoms with van der Waals surface area (Å²) in [6.07, 6.45) is 2.97. The van der Waals surface area contributed by atoms with Crippen LogP contribution in [0.2, 0.25) is 0 Å². The maximum Gasteiger partial charge on any atom is 0.314 e. The Labute approximate surface area is 176 Å². The third kappa shape index (κ3) is 4.26. The fourth-order valence-electron chi connectivity index (χ4n) is 4.44. The average molecular weight is 412 g/mol. The molecule has 2 atom stereocenters. The van der Waals surface area contributed by atoms with Crippen molar-refractivity contribution in [2.75, 3.05) is 26.3 Å². The van der Waals surface area contributed by atoms with E-state index in [1.54, 1.807) is 11.8 Å². The number of likely N-dealkylation sites (tertiary alicyclic amines) is 1. The van der Waals surface area contributed by atoms with E-state index in [-0.39, 0.29) is 11.9 Å². The molecule has 0 bridgehead atoms. The normalized spacial score (nSPS) is 24.0. The molecule has 0 aliphatic carbocycles. The van der Waals surface area contributed by atoms with E-state index in [0.717, 1.165) is 30.5 Å². The summed E-state index contributed by atoms with van der Waals surface area (Å²) < 4.78 is 16.6. The molecule has 7 nitrogen and oxygen atoms in total. The highest BCUT2D eigenvalue weighted by Gasteiger charge is 2.46. The molecule has 0 radical (unpaired) electrons. The maximum absolute atomic E-state index is 13.0. The Bertz CT molecular complexity index is 875. The molecule has 0 unspecified atom stereocenters. The van der Waals surface area contributed by atoms with Gasteiger partial charge in [0.15, 0.2) is 0 Å². The van der Waals surface area contributed by atoms with Gasteiger partial charge in [-0.2, -0.15) is 0 Å². The minimum Gasteiger partial charge on any atom is -0.466 e. The monoisotopic (exact) mass is 412 g/mol. The zero-order valence-electron chi connectivity index (χ0n) is 17.3. The summed E-state index contributed by atoms with van der Waals surface area (Å²) in [7, 11) is 0. The average Bonchev–Trinajstić information content (AvgIpc) is 3.47. The molecule has 2 aromatic rings. The third-order valence-corrected chi connectivity index (χ3v) is 5.94. The Balaban J connectivity index is 1.56. The summed E-state index contributed by atoms with van der Waals surface area (Å²) in [5.41, 5.74) is 0.847. The van der Waals surface area contributed by atoms with Crippen molar-refractivity contribution in [2.45, 2.75) is 45.1 Å². The standard InChI is InChI=1S/C23H28N2O5/c1-2-28-22(27)23(11-7-12-25(16-23)21(26)20-10-6-13-29-20)15-18-14-19(24-30-18)17-8-4-3-5-9-17/h3-5,8-9,14,20H,2,6-7,10-13,15-16H2,1H3/t20-,23-/m1/s1. The highest BCUT2D eigenvalue weighted by Crippen LogP contribution is 2.37. The molecule has 0 N–H and O–H groups in total. The number of carbonyl (C=O) groups excluding carboxylic acids is 2. The SMILES string of the molecule is CCOC(=O)[C@@]1(Cc2cc(-c3ccccc3)no2)CCCN(C(=O)[C@H]2CCCO2)C1. The van der Waals surface area contributed by atoms with E-state index in [4.69, 9.17) is 14.0 Å². The molecule has 4 rings (SSSR count). The zero-order chi connectivity index (χ0) is 21.0. The van der Waals surface area contributed by atoms with Crippen molar-refractivity contribution in [3.8, 4) is 11.3 Å². The van der Waals surface area contributed by atoms with Gasteiger partial charge in [0.2, 0.25) is 0 Å². The summed E-state index contributed by atoms with van der Waals surface area (Å²) in [4.78, 5) is 27.7. The summed E-state index contributed by atoms with van der Waals surface area (Å²) in [6.45, 7) is 3.66. The smallest absolute Gasteiger partial charge is 0.314 e. The Kier molecular flexibility index (Phi) is 6.18. The molecule has 2 fully saturated rings. The van der Waals surface area contributed by atoms with Gasteiger partial charge in [0.1, 0.15) is 17.6 Å². The van der Waals surface area contributed by atoms with Crippen LogP contribution in [0.1, 0.15) is 38.4 Å². The van der Waals surface area contributed by atoms with Gasteiger partial charge in [0, 0.05) is 37.7 Å². The topological polar surface area (TPSA) is 81.9 Å². The van der Waals surface area contributed by atoms with Crippen LogP contribution in [-0.2, 0) is 25.5 Å². The molecule has 1 aromatic carbocycles. The van der Waals surface area contributed by atoms with Gasteiger partial charge in [-0.1, -0.05) is 35.5 Å². The van der Waals surface area contributed by atoms with Crippen LogP contribution in [0.3, 0.4) is 0 Å². The Morgan fingerprint density at radius 2 is 2.10 bits per heavy atom. The summed E-state index contributed by atoms with van der Waals surface area (Å²) in [6, 6.07) is 11.6. The number of rotatable bonds is 6. The summed E-state index contributed by atoms with van der Waals surface area (Å²) in [5.74, 6) is 0.309. The van der Waals surface area contributed by atoms with Crippen molar-refractivity contribution in [2.24, 2.45) is 5.41 Å². The van der Waals surface area contributed by atoms with Crippen LogP contribution in [0.15, 0.2) is 40.9 Å². The maximum atomic E-state index is 13.0. The number of hydrogen-bond donors (Lipinski definition) is 0. The van der Waals surface area contributed by atoms with Gasteiger partial charge in [-0.25, -0.2) is 0 Å². The number of carbonyl (C=O) groups is 2. The van der Waals surface area contributed by atoms with Gasteiger partial charge >= 0.3 is 5.97 Å². The van der Waals surface area contributed by atoms with Crippen molar-refractivity contribution >= 4 is 11.9 Å². The fraction of sp³-hybridized carbons (Fsp3) is 0.522. The van der Waals surface area contributed by atoms with Crippen LogP contribution in [0.4, 0.5) is 0 Å². The second kappa shape index (κ2) is 9.00. The molecule has 0 spiro atoms. The number of piperidine rings is 1. The number of nitrogens with zero attached hydrogens (tertiary/aromatic N) is 2. The largest absolute Gasteiger partial charge is 0.466 e. The van der Waals surface area contributed by atoms with Crippen LogP contribution in [-0.4, -0.2) is 54.3 Å². The first-order valence-electron chi connectivity index (χ1n) is 10.7. The predicted octanol–water partition coefficient (Wildman–Crippen LogP) is 3.24. The molecule has 30 heavy (non-hydrogen) atoms. The lowest BCUT2D eigenvalue weighted by Crippen LogP contribution is -2.53. The van der Waals surface area contributed by atoms with Crippen LogP contribution >= 0.6 is 0 Å². The second-order valence-corrected chi connectivity index (χ2v) is 8.09. The van der Waals surface area contributed by atoms with Gasteiger partial charge < -0.3 is 18.9 Å². The molecule has 2 saturated heterocycles. The predicted molar refractivity (Wildman–Crippen MR) is 109 cm³/mol.